The van der Waals surface area contributed by atoms with Gasteiger partial charge in [0.25, 0.3) is 5.69 Å². The zero-order valence-corrected chi connectivity index (χ0v) is 15.1. The Morgan fingerprint density at radius 3 is 2.89 bits per heavy atom. The van der Waals surface area contributed by atoms with Crippen molar-refractivity contribution >= 4 is 40.2 Å². The van der Waals surface area contributed by atoms with Gasteiger partial charge in [-0.3, -0.25) is 10.1 Å². The number of fused-ring (bicyclic) bond motifs is 2. The summed E-state index contributed by atoms with van der Waals surface area (Å²) in [4.78, 5) is 18.0. The van der Waals surface area contributed by atoms with E-state index in [9.17, 15) is 14.5 Å². The van der Waals surface area contributed by atoms with E-state index < -0.39 is 4.92 Å². The largest absolute Gasteiger partial charge is 0.369 e. The van der Waals surface area contributed by atoms with Gasteiger partial charge in [-0.1, -0.05) is 17.8 Å². The van der Waals surface area contributed by atoms with Gasteiger partial charge in [0.15, 0.2) is 5.16 Å². The average molecular weight is 399 g/mol. The number of aromatic nitrogens is 2. The fourth-order valence-corrected chi connectivity index (χ4v) is 4.18. The lowest BCUT2D eigenvalue weighted by Crippen LogP contribution is -2.22. The van der Waals surface area contributed by atoms with Crippen molar-refractivity contribution in [3.63, 3.8) is 0 Å². The molecular weight excluding hydrogens is 385 g/mol. The number of imidazole rings is 1. The van der Waals surface area contributed by atoms with Gasteiger partial charge in [0.1, 0.15) is 5.82 Å². The van der Waals surface area contributed by atoms with E-state index in [-0.39, 0.29) is 22.7 Å². The topological polar surface area (TPSA) is 149 Å². The number of aromatic amines is 1. The lowest BCUT2D eigenvalue weighted by atomic mass is 10.1. The zero-order valence-electron chi connectivity index (χ0n) is 14.3. The van der Waals surface area contributed by atoms with E-state index >= 15 is 0 Å². The van der Waals surface area contributed by atoms with Gasteiger partial charge in [-0.15, -0.1) is 5.10 Å². The molecule has 1 unspecified atom stereocenters. The van der Waals surface area contributed by atoms with Crippen molar-refractivity contribution in [2.45, 2.75) is 16.8 Å². The van der Waals surface area contributed by atoms with Crippen LogP contribution in [0.2, 0.25) is 0 Å². The number of halogens is 1. The highest BCUT2D eigenvalue weighted by atomic mass is 32.2. The maximum Gasteiger partial charge on any atom is 0.271 e. The summed E-state index contributed by atoms with van der Waals surface area (Å²) in [5.41, 5.74) is 14.0. The molecule has 28 heavy (non-hydrogen) atoms. The highest BCUT2D eigenvalue weighted by Gasteiger charge is 2.31. The average Bonchev–Trinajstić information content (AvgIpc) is 3.19. The quantitative estimate of drug-likeness (QED) is 0.265. The van der Waals surface area contributed by atoms with Gasteiger partial charge in [0, 0.05) is 17.7 Å². The van der Waals surface area contributed by atoms with Crippen LogP contribution >= 0.6 is 11.8 Å². The molecule has 1 aliphatic carbocycles. The van der Waals surface area contributed by atoms with Crippen LogP contribution in [-0.4, -0.2) is 31.8 Å². The zero-order chi connectivity index (χ0) is 19.8. The van der Waals surface area contributed by atoms with E-state index in [0.717, 1.165) is 5.56 Å². The minimum atomic E-state index is -0.463. The normalized spacial score (nSPS) is 17.0. The maximum absolute atomic E-state index is 13.7. The Labute approximate surface area is 161 Å². The molecule has 0 aliphatic heterocycles. The Morgan fingerprint density at radius 2 is 2.14 bits per heavy atom. The molecule has 1 aliphatic rings. The van der Waals surface area contributed by atoms with Crippen LogP contribution in [0, 0.1) is 15.9 Å². The Balaban J connectivity index is 1.68. The van der Waals surface area contributed by atoms with Gasteiger partial charge < -0.3 is 16.5 Å². The van der Waals surface area contributed by atoms with Crippen LogP contribution in [0.15, 0.2) is 51.8 Å². The van der Waals surface area contributed by atoms with Gasteiger partial charge in [-0.05, 0) is 30.2 Å². The molecule has 5 N–H and O–H groups in total. The Hall–Kier alpha value is -3.47. The number of benzene rings is 2. The Kier molecular flexibility index (Phi) is 4.43. The summed E-state index contributed by atoms with van der Waals surface area (Å²) in [5, 5.41) is 19.1. The highest BCUT2D eigenvalue weighted by Crippen LogP contribution is 2.35. The maximum atomic E-state index is 13.7. The van der Waals surface area contributed by atoms with Crippen LogP contribution < -0.4 is 11.5 Å². The van der Waals surface area contributed by atoms with Gasteiger partial charge in [-0.25, -0.2) is 9.37 Å². The molecule has 11 heteroatoms. The number of hydrogen-bond donors (Lipinski definition) is 3. The number of rotatable bonds is 4. The molecule has 1 heterocycles. The van der Waals surface area contributed by atoms with Crippen molar-refractivity contribution in [2.24, 2.45) is 21.7 Å². The summed E-state index contributed by atoms with van der Waals surface area (Å²) >= 11 is 1.37. The van der Waals surface area contributed by atoms with Gasteiger partial charge in [-0.2, -0.15) is 5.10 Å². The number of hydrogen-bond acceptors (Lipinski definition) is 6. The third-order valence-corrected chi connectivity index (χ3v) is 5.33. The Morgan fingerprint density at radius 1 is 1.32 bits per heavy atom. The van der Waals surface area contributed by atoms with Crippen molar-refractivity contribution in [1.29, 1.82) is 0 Å². The molecule has 3 aromatic rings. The third-order valence-electron chi connectivity index (χ3n) is 4.24. The van der Waals surface area contributed by atoms with Crippen LogP contribution in [0.25, 0.3) is 11.0 Å². The second-order valence-corrected chi connectivity index (χ2v) is 7.31. The number of nitrogens with zero attached hydrogens (tertiary/aromatic N) is 4. The van der Waals surface area contributed by atoms with E-state index in [2.05, 4.69) is 20.2 Å². The van der Waals surface area contributed by atoms with Crippen molar-refractivity contribution in [3.05, 3.63) is 63.5 Å². The SMILES string of the molecule is NC(N)=N/N=C1\c2cc(F)ccc2CC1Sc1nc2ccc([N+](=O)[O-])cc2[nH]1. The molecule has 0 bridgehead atoms. The molecule has 0 saturated heterocycles. The first-order valence-corrected chi connectivity index (χ1v) is 9.05. The summed E-state index contributed by atoms with van der Waals surface area (Å²) in [6.07, 6.45) is 0.594. The lowest BCUT2D eigenvalue weighted by Gasteiger charge is -2.07. The van der Waals surface area contributed by atoms with Gasteiger partial charge >= 0.3 is 0 Å². The predicted octanol–water partition coefficient (Wildman–Crippen LogP) is 2.30. The smallest absolute Gasteiger partial charge is 0.271 e. The van der Waals surface area contributed by atoms with E-state index in [0.29, 0.717) is 33.9 Å². The molecule has 0 saturated carbocycles. The van der Waals surface area contributed by atoms with Crippen molar-refractivity contribution in [1.82, 2.24) is 9.97 Å². The molecule has 0 fully saturated rings. The number of nitro benzene ring substituents is 1. The number of thioether (sulfide) groups is 1. The fourth-order valence-electron chi connectivity index (χ4n) is 3.04. The molecule has 0 amide bonds. The third kappa shape index (κ3) is 3.39. The molecule has 2 aromatic carbocycles. The summed E-state index contributed by atoms with van der Waals surface area (Å²) in [5.74, 6) is -0.574. The van der Waals surface area contributed by atoms with Crippen molar-refractivity contribution < 1.29 is 9.31 Å². The number of nitrogens with two attached hydrogens (primary N) is 2. The number of nitro groups is 1. The molecule has 1 aromatic heterocycles. The molecule has 1 atom stereocenters. The first-order chi connectivity index (χ1) is 13.4. The van der Waals surface area contributed by atoms with Crippen molar-refractivity contribution in [3.8, 4) is 0 Å². The van der Waals surface area contributed by atoms with E-state index in [4.69, 9.17) is 11.5 Å². The molecule has 142 valence electrons. The first-order valence-electron chi connectivity index (χ1n) is 8.17. The number of non-ortho nitro benzene ring substituents is 1. The summed E-state index contributed by atoms with van der Waals surface area (Å²) in [6.45, 7) is 0. The second-order valence-electron chi connectivity index (χ2n) is 6.12. The van der Waals surface area contributed by atoms with Crippen LogP contribution in [0.1, 0.15) is 11.1 Å². The van der Waals surface area contributed by atoms with Crippen molar-refractivity contribution in [2.75, 3.05) is 0 Å². The molecular formula is C17H14FN7O2S. The van der Waals surface area contributed by atoms with Gasteiger partial charge in [0.05, 0.1) is 26.9 Å². The highest BCUT2D eigenvalue weighted by molar-refractivity contribution is 8.00. The van der Waals surface area contributed by atoms with Crippen LogP contribution in [0.3, 0.4) is 0 Å². The van der Waals surface area contributed by atoms with Crippen LogP contribution in [0.5, 0.6) is 0 Å². The molecule has 0 radical (unpaired) electrons. The summed E-state index contributed by atoms with van der Waals surface area (Å²) in [6, 6.07) is 8.92. The molecule has 0 spiro atoms. The van der Waals surface area contributed by atoms with E-state index in [1.54, 1.807) is 12.1 Å². The van der Waals surface area contributed by atoms with E-state index in [1.165, 1.54) is 36.0 Å². The number of guanidine groups is 1. The fraction of sp³-hybridized carbons (Fsp3) is 0.118. The minimum absolute atomic E-state index is 0.0218. The summed E-state index contributed by atoms with van der Waals surface area (Å²) in [7, 11) is 0. The number of nitrogens with one attached hydrogen (secondary N) is 1. The van der Waals surface area contributed by atoms with E-state index in [1.807, 2.05) is 0 Å². The first kappa shape index (κ1) is 17.9. The second kappa shape index (κ2) is 6.93. The minimum Gasteiger partial charge on any atom is -0.369 e. The Bertz CT molecular complexity index is 1150. The monoisotopic (exact) mass is 399 g/mol. The number of H-pyrrole nitrogens is 1. The standard InChI is InChI=1S/C17H14FN7O2S/c18-9-2-1-8-5-14(15(11(8)6-9)23-24-16(19)20)28-17-21-12-4-3-10(25(26)27)7-13(12)22-17/h1-4,6-7,14H,5H2,(H,21,22)(H4,19,20,24)/b23-15+. The molecule has 9 nitrogen and oxygen atoms in total. The molecule has 4 rings (SSSR count). The predicted molar refractivity (Wildman–Crippen MR) is 105 cm³/mol. The lowest BCUT2D eigenvalue weighted by molar-refractivity contribution is -0.384. The van der Waals surface area contributed by atoms with Crippen LogP contribution in [0.4, 0.5) is 10.1 Å². The van der Waals surface area contributed by atoms with Gasteiger partial charge in [0.2, 0.25) is 5.96 Å². The summed E-state index contributed by atoms with van der Waals surface area (Å²) < 4.78 is 13.7. The van der Waals surface area contributed by atoms with Crippen LogP contribution in [-0.2, 0) is 6.42 Å².